The fourth-order valence-corrected chi connectivity index (χ4v) is 7.98. The largest absolute Gasteiger partial charge is 0.462 e. The van der Waals surface area contributed by atoms with Crippen molar-refractivity contribution < 1.29 is 28.6 Å². The molecule has 0 aromatic heterocycles. The molecule has 0 radical (unpaired) electrons. The van der Waals surface area contributed by atoms with E-state index in [1.807, 2.05) is 0 Å². The van der Waals surface area contributed by atoms with Gasteiger partial charge in [0, 0.05) is 19.3 Å². The Morgan fingerprint density at radius 2 is 0.470 bits per heavy atom. The highest BCUT2D eigenvalue weighted by atomic mass is 16.6. The van der Waals surface area contributed by atoms with E-state index in [4.69, 9.17) is 14.2 Å². The molecule has 0 heterocycles. The number of carbonyl (C=O) groups excluding carboxylic acids is 3. The number of allylic oxidation sites excluding steroid dienone is 34. The van der Waals surface area contributed by atoms with Gasteiger partial charge in [-0.2, -0.15) is 0 Å². The van der Waals surface area contributed by atoms with Crippen LogP contribution in [0.4, 0.5) is 0 Å². The maximum Gasteiger partial charge on any atom is 0.306 e. The van der Waals surface area contributed by atoms with Crippen LogP contribution in [0.5, 0.6) is 0 Å². The maximum atomic E-state index is 12.8. The predicted molar refractivity (Wildman–Crippen MR) is 361 cm³/mol. The summed E-state index contributed by atoms with van der Waals surface area (Å²) in [5, 5.41) is 0. The van der Waals surface area contributed by atoms with E-state index in [2.05, 4.69) is 227 Å². The fourth-order valence-electron chi connectivity index (χ4n) is 7.98. The Morgan fingerprint density at radius 1 is 0.253 bits per heavy atom. The van der Waals surface area contributed by atoms with Crippen LogP contribution in [0.25, 0.3) is 0 Å². The predicted octanol–water partition coefficient (Wildman–Crippen LogP) is 22.8. The van der Waals surface area contributed by atoms with Gasteiger partial charge in [-0.15, -0.1) is 0 Å². The first kappa shape index (κ1) is 77.0. The Kier molecular flexibility index (Phi) is 63.5. The van der Waals surface area contributed by atoms with Gasteiger partial charge in [-0.1, -0.05) is 272 Å². The zero-order valence-electron chi connectivity index (χ0n) is 52.6. The Labute approximate surface area is 509 Å². The Hall–Kier alpha value is -6.01. The van der Waals surface area contributed by atoms with Crippen molar-refractivity contribution >= 4 is 17.9 Å². The number of esters is 3. The lowest BCUT2D eigenvalue weighted by Crippen LogP contribution is -2.30. The van der Waals surface area contributed by atoms with Crippen LogP contribution < -0.4 is 0 Å². The minimum absolute atomic E-state index is 0.111. The molecule has 0 bridgehead atoms. The standard InChI is InChI=1S/C77H116O6/c1-4-7-10-13-15-17-19-21-23-25-27-29-31-33-35-37-38-40-41-43-45-47-49-51-53-55-57-59-61-64-67-70-76(79)82-73-74(72-81-75(78)69-66-63-12-9-6-3)83-77(80)71-68-65-62-60-58-56-54-52-50-48-46-44-42-39-36-34-32-30-28-26-24-22-20-18-16-14-11-8-5-2/h7-8,10-11,15-18,21-24,27-30,33-36,38,40,42-45,48-51,54-57,74H,4-6,9,12-14,19-20,25-26,31-32,37,39,41,46-47,52-53,58-73H2,1-3H3/b10-7-,11-8-,17-15-,18-16-,23-21-,24-22-,29-27-,30-28-,35-33-,36-34-,40-38-,44-42-,45-43-,50-48-,51-49-,56-54-,57-55-. The van der Waals surface area contributed by atoms with Gasteiger partial charge in [-0.3, -0.25) is 14.4 Å². The Balaban J connectivity index is 4.25. The van der Waals surface area contributed by atoms with Gasteiger partial charge in [0.1, 0.15) is 13.2 Å². The van der Waals surface area contributed by atoms with Crippen LogP contribution >= 0.6 is 0 Å². The first-order valence-corrected chi connectivity index (χ1v) is 32.6. The highest BCUT2D eigenvalue weighted by Gasteiger charge is 2.19. The Bertz CT molecular complexity index is 2030. The third-order valence-electron chi connectivity index (χ3n) is 12.8. The van der Waals surface area contributed by atoms with Gasteiger partial charge < -0.3 is 14.2 Å². The monoisotopic (exact) mass is 1140 g/mol. The van der Waals surface area contributed by atoms with E-state index in [1.54, 1.807) is 0 Å². The van der Waals surface area contributed by atoms with Crippen molar-refractivity contribution in [2.75, 3.05) is 13.2 Å². The van der Waals surface area contributed by atoms with E-state index in [9.17, 15) is 14.4 Å². The second-order valence-corrected chi connectivity index (χ2v) is 20.6. The number of ether oxygens (including phenoxy) is 3. The van der Waals surface area contributed by atoms with Gasteiger partial charge in [0.15, 0.2) is 6.10 Å². The topological polar surface area (TPSA) is 78.9 Å². The second-order valence-electron chi connectivity index (χ2n) is 20.6. The number of hydrogen-bond acceptors (Lipinski definition) is 6. The average molecular weight is 1140 g/mol. The molecule has 0 spiro atoms. The summed E-state index contributed by atoms with van der Waals surface area (Å²) < 4.78 is 16.7. The zero-order valence-corrected chi connectivity index (χ0v) is 52.6. The molecule has 0 fully saturated rings. The van der Waals surface area contributed by atoms with Crippen LogP contribution in [0.3, 0.4) is 0 Å². The molecule has 460 valence electrons. The van der Waals surface area contributed by atoms with Crippen LogP contribution in [-0.4, -0.2) is 37.2 Å². The average Bonchev–Trinajstić information content (AvgIpc) is 3.49. The van der Waals surface area contributed by atoms with Crippen molar-refractivity contribution in [3.05, 3.63) is 207 Å². The van der Waals surface area contributed by atoms with Crippen LogP contribution in [-0.2, 0) is 28.6 Å². The van der Waals surface area contributed by atoms with E-state index in [0.717, 1.165) is 199 Å². The van der Waals surface area contributed by atoms with Gasteiger partial charge in [0.2, 0.25) is 0 Å². The lowest BCUT2D eigenvalue weighted by molar-refractivity contribution is -0.167. The van der Waals surface area contributed by atoms with Crippen molar-refractivity contribution in [3.8, 4) is 0 Å². The van der Waals surface area contributed by atoms with Crippen molar-refractivity contribution in [2.45, 2.75) is 245 Å². The number of unbranched alkanes of at least 4 members (excludes halogenated alkanes) is 11. The Morgan fingerprint density at radius 3 is 0.735 bits per heavy atom. The molecule has 6 nitrogen and oxygen atoms in total. The minimum atomic E-state index is -0.816. The second kappa shape index (κ2) is 68.5. The molecular formula is C77H116O6. The molecule has 0 amide bonds. The van der Waals surface area contributed by atoms with E-state index < -0.39 is 6.10 Å². The highest BCUT2D eigenvalue weighted by Crippen LogP contribution is 2.12. The quantitative estimate of drug-likeness (QED) is 0.0261. The van der Waals surface area contributed by atoms with Crippen molar-refractivity contribution in [2.24, 2.45) is 0 Å². The van der Waals surface area contributed by atoms with Gasteiger partial charge in [-0.05, 0) is 154 Å². The van der Waals surface area contributed by atoms with E-state index in [-0.39, 0.29) is 37.5 Å². The summed E-state index contributed by atoms with van der Waals surface area (Å²) in [6.45, 7) is 6.25. The number of carbonyl (C=O) groups is 3. The molecule has 1 atom stereocenters. The molecular weight excluding hydrogens is 1020 g/mol. The van der Waals surface area contributed by atoms with Crippen molar-refractivity contribution in [3.63, 3.8) is 0 Å². The summed E-state index contributed by atoms with van der Waals surface area (Å²) in [4.78, 5) is 37.9. The van der Waals surface area contributed by atoms with Gasteiger partial charge in [-0.25, -0.2) is 0 Å². The molecule has 1 unspecified atom stereocenters. The van der Waals surface area contributed by atoms with Crippen LogP contribution in [0.15, 0.2) is 207 Å². The molecule has 0 aromatic rings. The summed E-state index contributed by atoms with van der Waals surface area (Å²) in [5.41, 5.74) is 0. The van der Waals surface area contributed by atoms with E-state index >= 15 is 0 Å². The lowest BCUT2D eigenvalue weighted by atomic mass is 10.1. The molecule has 6 heteroatoms. The molecule has 0 saturated heterocycles. The molecule has 0 aliphatic carbocycles. The van der Waals surface area contributed by atoms with Crippen molar-refractivity contribution in [1.29, 1.82) is 0 Å². The SMILES string of the molecule is CC/C=C\C/C=C\C/C=C\C/C=C\C/C=C\C/C=C\C/C=C\C/C=C\C/C=C\CCCCCC(=O)OCC(COC(=O)CCCCCCC)OC(=O)CCCCCC/C=C\C/C=C\C/C=C\C/C=C\C/C=C\C/C=C\C/C=C\C/C=C\CC. The normalized spacial score (nSPS) is 13.5. The molecule has 0 aliphatic rings. The maximum absolute atomic E-state index is 12.8. The third-order valence-corrected chi connectivity index (χ3v) is 12.8. The number of hydrogen-bond donors (Lipinski definition) is 0. The van der Waals surface area contributed by atoms with Gasteiger partial charge in [0.25, 0.3) is 0 Å². The summed E-state index contributed by atoms with van der Waals surface area (Å²) in [7, 11) is 0. The third kappa shape index (κ3) is 66.7. The summed E-state index contributed by atoms with van der Waals surface area (Å²) in [6, 6.07) is 0. The van der Waals surface area contributed by atoms with Crippen LogP contribution in [0, 0.1) is 0 Å². The first-order chi connectivity index (χ1) is 41.0. The van der Waals surface area contributed by atoms with E-state index in [0.29, 0.717) is 12.8 Å². The molecule has 0 aliphatic heterocycles. The zero-order chi connectivity index (χ0) is 59.9. The fraction of sp³-hybridized carbons (Fsp3) is 0.519. The molecule has 0 aromatic carbocycles. The van der Waals surface area contributed by atoms with Gasteiger partial charge >= 0.3 is 17.9 Å². The van der Waals surface area contributed by atoms with Crippen LogP contribution in [0.1, 0.15) is 239 Å². The molecule has 0 rings (SSSR count). The first-order valence-electron chi connectivity index (χ1n) is 32.6. The lowest BCUT2D eigenvalue weighted by Gasteiger charge is -2.18. The summed E-state index contributed by atoms with van der Waals surface area (Å²) >= 11 is 0. The van der Waals surface area contributed by atoms with Gasteiger partial charge in [0.05, 0.1) is 0 Å². The number of rotatable bonds is 56. The van der Waals surface area contributed by atoms with Crippen molar-refractivity contribution in [1.82, 2.24) is 0 Å². The van der Waals surface area contributed by atoms with E-state index in [1.165, 1.54) is 0 Å². The highest BCUT2D eigenvalue weighted by molar-refractivity contribution is 5.71. The summed E-state index contributed by atoms with van der Waals surface area (Å²) in [6.07, 6.45) is 106. The minimum Gasteiger partial charge on any atom is -0.462 e. The summed E-state index contributed by atoms with van der Waals surface area (Å²) in [5.74, 6) is -0.998. The molecule has 83 heavy (non-hydrogen) atoms. The molecule has 0 N–H and O–H groups in total. The van der Waals surface area contributed by atoms with Crippen LogP contribution in [0.2, 0.25) is 0 Å². The molecule has 0 saturated carbocycles. The smallest absolute Gasteiger partial charge is 0.306 e.